The van der Waals surface area contributed by atoms with Crippen molar-refractivity contribution >= 4 is 23.3 Å². The predicted octanol–water partition coefficient (Wildman–Crippen LogP) is 2.76. The van der Waals surface area contributed by atoms with E-state index >= 15 is 0 Å². The van der Waals surface area contributed by atoms with E-state index in [9.17, 15) is 28.5 Å². The molecule has 11 heteroatoms. The molecule has 0 unspecified atom stereocenters. The third-order valence-electron chi connectivity index (χ3n) is 3.15. The maximum Gasteiger partial charge on any atom is 0.387 e. The number of nitro benzene ring substituents is 1. The van der Waals surface area contributed by atoms with Gasteiger partial charge in [-0.2, -0.15) is 8.78 Å². The number of esters is 1. The van der Waals surface area contributed by atoms with Gasteiger partial charge < -0.3 is 19.5 Å². The lowest BCUT2D eigenvalue weighted by atomic mass is 10.3. The van der Waals surface area contributed by atoms with E-state index in [4.69, 9.17) is 4.74 Å². The van der Waals surface area contributed by atoms with Crippen LogP contribution in [0.4, 0.5) is 20.2 Å². The highest BCUT2D eigenvalue weighted by Gasteiger charge is 2.16. The average molecular weight is 396 g/mol. The predicted molar refractivity (Wildman–Crippen MR) is 91.3 cm³/mol. The minimum absolute atomic E-state index is 0.0278. The highest BCUT2D eigenvalue weighted by molar-refractivity contribution is 5.94. The van der Waals surface area contributed by atoms with Crippen molar-refractivity contribution in [2.24, 2.45) is 0 Å². The van der Waals surface area contributed by atoms with Gasteiger partial charge >= 0.3 is 18.3 Å². The molecule has 1 N–H and O–H groups in total. The Morgan fingerprint density at radius 2 is 1.68 bits per heavy atom. The molecule has 2 aromatic rings. The zero-order chi connectivity index (χ0) is 20.5. The van der Waals surface area contributed by atoms with E-state index in [0.717, 1.165) is 0 Å². The molecule has 0 saturated heterocycles. The van der Waals surface area contributed by atoms with Gasteiger partial charge in [-0.25, -0.2) is 4.79 Å². The summed E-state index contributed by atoms with van der Waals surface area (Å²) in [6.45, 7) is -4.46. The van der Waals surface area contributed by atoms with Gasteiger partial charge in [0.1, 0.15) is 5.75 Å². The summed E-state index contributed by atoms with van der Waals surface area (Å²) in [6.07, 6.45) is 0. The van der Waals surface area contributed by atoms with Crippen LogP contribution in [0.5, 0.6) is 11.5 Å². The van der Waals surface area contributed by atoms with Gasteiger partial charge in [-0.1, -0.05) is 24.3 Å². The topological polar surface area (TPSA) is 117 Å². The monoisotopic (exact) mass is 396 g/mol. The lowest BCUT2D eigenvalue weighted by Crippen LogP contribution is -2.24. The fraction of sp³-hybridized carbons (Fsp3) is 0.176. The highest BCUT2D eigenvalue weighted by Crippen LogP contribution is 2.26. The number of amides is 1. The summed E-state index contributed by atoms with van der Waals surface area (Å²) >= 11 is 0. The highest BCUT2D eigenvalue weighted by atomic mass is 19.3. The summed E-state index contributed by atoms with van der Waals surface area (Å²) in [5.41, 5.74) is -0.358. The number of hydrogen-bond donors (Lipinski definition) is 1. The number of benzene rings is 2. The Kier molecular flexibility index (Phi) is 7.20. The molecule has 0 atom stereocenters. The molecule has 0 fully saturated rings. The lowest BCUT2D eigenvalue weighted by Gasteiger charge is -2.12. The maximum atomic E-state index is 12.3. The normalized spacial score (nSPS) is 10.2. The molecule has 2 aromatic carbocycles. The smallest absolute Gasteiger partial charge is 0.387 e. The Hall–Kier alpha value is -3.76. The molecule has 1 amide bonds. The minimum atomic E-state index is -3.07. The van der Waals surface area contributed by atoms with E-state index in [1.54, 1.807) is 0 Å². The van der Waals surface area contributed by atoms with Gasteiger partial charge in [0.15, 0.2) is 19.0 Å². The molecule has 28 heavy (non-hydrogen) atoms. The van der Waals surface area contributed by atoms with Crippen molar-refractivity contribution in [1.82, 2.24) is 0 Å². The van der Waals surface area contributed by atoms with Gasteiger partial charge in [-0.05, 0) is 18.2 Å². The van der Waals surface area contributed by atoms with Crippen LogP contribution in [0.15, 0.2) is 48.5 Å². The van der Waals surface area contributed by atoms with E-state index in [1.807, 2.05) is 0 Å². The van der Waals surface area contributed by atoms with Crippen LogP contribution in [0, 0.1) is 10.1 Å². The van der Waals surface area contributed by atoms with Crippen LogP contribution in [0.2, 0.25) is 0 Å². The van der Waals surface area contributed by atoms with Crippen molar-refractivity contribution in [3.63, 3.8) is 0 Å². The molecular weight excluding hydrogens is 382 g/mol. The lowest BCUT2D eigenvalue weighted by molar-refractivity contribution is -0.385. The number of nitrogens with zero attached hydrogens (tertiary/aromatic N) is 1. The Morgan fingerprint density at radius 1 is 1.04 bits per heavy atom. The standard InChI is InChI=1S/C17H14F2N2O7/c18-17(19)28-13-7-3-1-5-11(13)20-15(22)9-27-16(23)10-26-14-8-4-2-6-12(14)21(24)25/h1-8,17H,9-10H2,(H,20,22). The van der Waals surface area contributed by atoms with Gasteiger partial charge in [-0.15, -0.1) is 0 Å². The molecule has 0 aliphatic heterocycles. The molecule has 0 spiro atoms. The van der Waals surface area contributed by atoms with Crippen LogP contribution >= 0.6 is 0 Å². The number of ether oxygens (including phenoxy) is 3. The van der Waals surface area contributed by atoms with Crippen LogP contribution in [0.1, 0.15) is 0 Å². The zero-order valence-electron chi connectivity index (χ0n) is 14.2. The summed E-state index contributed by atoms with van der Waals surface area (Å²) < 4.78 is 38.6. The Balaban J connectivity index is 1.84. The second-order valence-electron chi connectivity index (χ2n) is 5.10. The fourth-order valence-corrected chi connectivity index (χ4v) is 2.01. The number of nitrogens with one attached hydrogen (secondary N) is 1. The van der Waals surface area contributed by atoms with Crippen LogP contribution in [-0.4, -0.2) is 36.6 Å². The molecule has 0 aliphatic rings. The first-order valence-electron chi connectivity index (χ1n) is 7.72. The quantitative estimate of drug-likeness (QED) is 0.393. The largest absolute Gasteiger partial charge is 0.475 e. The molecule has 0 radical (unpaired) electrons. The molecule has 0 heterocycles. The molecule has 9 nitrogen and oxygen atoms in total. The van der Waals surface area contributed by atoms with Gasteiger partial charge in [0.05, 0.1) is 10.6 Å². The van der Waals surface area contributed by atoms with Crippen LogP contribution in [-0.2, 0) is 14.3 Å². The van der Waals surface area contributed by atoms with Gasteiger partial charge in [0.25, 0.3) is 5.91 Å². The van der Waals surface area contributed by atoms with Crippen molar-refractivity contribution in [2.45, 2.75) is 6.61 Å². The molecule has 0 aliphatic carbocycles. The van der Waals surface area contributed by atoms with Crippen LogP contribution in [0.25, 0.3) is 0 Å². The molecular formula is C17H14F2N2O7. The number of carbonyl (C=O) groups excluding carboxylic acids is 2. The summed E-state index contributed by atoms with van der Waals surface area (Å²) in [7, 11) is 0. The number of alkyl halides is 2. The third kappa shape index (κ3) is 6.20. The van der Waals surface area contributed by atoms with E-state index in [1.165, 1.54) is 48.5 Å². The van der Waals surface area contributed by atoms with Crippen molar-refractivity contribution in [3.05, 3.63) is 58.6 Å². The van der Waals surface area contributed by atoms with Crippen LogP contribution in [0.3, 0.4) is 0 Å². The molecule has 148 valence electrons. The van der Waals surface area contributed by atoms with Crippen molar-refractivity contribution < 1.29 is 37.5 Å². The fourth-order valence-electron chi connectivity index (χ4n) is 2.01. The number of halogens is 2. The third-order valence-corrected chi connectivity index (χ3v) is 3.15. The number of carbonyl (C=O) groups is 2. The number of hydrogen-bond acceptors (Lipinski definition) is 7. The van der Waals surface area contributed by atoms with E-state index in [0.29, 0.717) is 0 Å². The minimum Gasteiger partial charge on any atom is -0.475 e. The van der Waals surface area contributed by atoms with Crippen molar-refractivity contribution in [2.75, 3.05) is 18.5 Å². The SMILES string of the molecule is O=C(COC(=O)COc1ccccc1[N+](=O)[O-])Nc1ccccc1OC(F)F. The first-order valence-corrected chi connectivity index (χ1v) is 7.72. The first-order chi connectivity index (χ1) is 13.4. The van der Waals surface area contributed by atoms with E-state index < -0.39 is 36.6 Å². The number of para-hydroxylation sites is 4. The summed E-state index contributed by atoms with van der Waals surface area (Å²) in [5, 5.41) is 13.1. The first kappa shape index (κ1) is 20.6. The Morgan fingerprint density at radius 3 is 2.36 bits per heavy atom. The summed E-state index contributed by atoms with van der Waals surface area (Å²) in [4.78, 5) is 33.6. The zero-order valence-corrected chi connectivity index (χ0v) is 14.2. The number of nitro groups is 1. The molecule has 0 saturated carbocycles. The van der Waals surface area contributed by atoms with Crippen LogP contribution < -0.4 is 14.8 Å². The molecule has 0 bridgehead atoms. The van der Waals surface area contributed by atoms with Gasteiger partial charge in [-0.3, -0.25) is 14.9 Å². The van der Waals surface area contributed by atoms with Crippen molar-refractivity contribution in [1.29, 1.82) is 0 Å². The Labute approximate surface area is 157 Å². The number of rotatable bonds is 9. The average Bonchev–Trinajstić information content (AvgIpc) is 2.66. The second-order valence-corrected chi connectivity index (χ2v) is 5.10. The van der Waals surface area contributed by atoms with E-state index in [-0.39, 0.29) is 22.9 Å². The number of anilines is 1. The second kappa shape index (κ2) is 9.80. The Bertz CT molecular complexity index is 861. The maximum absolute atomic E-state index is 12.3. The molecule has 2 rings (SSSR count). The summed E-state index contributed by atoms with van der Waals surface area (Å²) in [5.74, 6) is -2.14. The van der Waals surface area contributed by atoms with E-state index in [2.05, 4.69) is 14.8 Å². The summed E-state index contributed by atoms with van der Waals surface area (Å²) in [6, 6.07) is 10.9. The van der Waals surface area contributed by atoms with Gasteiger partial charge in [0, 0.05) is 6.07 Å². The van der Waals surface area contributed by atoms with Crippen molar-refractivity contribution in [3.8, 4) is 11.5 Å². The van der Waals surface area contributed by atoms with Gasteiger partial charge in [0.2, 0.25) is 0 Å². The molecule has 0 aromatic heterocycles.